The van der Waals surface area contributed by atoms with Crippen molar-refractivity contribution in [3.05, 3.63) is 28.8 Å². The Balaban J connectivity index is 1.54. The molecule has 1 aromatic rings. The zero-order valence-electron chi connectivity index (χ0n) is 20.1. The molecule has 3 rings (SSSR count). The minimum absolute atomic E-state index is 0.0673. The lowest BCUT2D eigenvalue weighted by atomic mass is 9.91. The van der Waals surface area contributed by atoms with Gasteiger partial charge in [0.05, 0.1) is 25.9 Å². The monoisotopic (exact) mass is 479 g/mol. The van der Waals surface area contributed by atoms with E-state index in [4.69, 9.17) is 21.1 Å². The molecule has 7 nitrogen and oxygen atoms in total. The Morgan fingerprint density at radius 2 is 1.82 bits per heavy atom. The van der Waals surface area contributed by atoms with E-state index >= 15 is 0 Å². The fraction of sp³-hybridized carbons (Fsp3) is 0.680. The number of amides is 2. The first-order chi connectivity index (χ1) is 16.0. The average molecular weight is 480 g/mol. The number of carbonyl (C=O) groups is 2. The summed E-state index contributed by atoms with van der Waals surface area (Å²) in [6, 6.07) is 5.40. The van der Waals surface area contributed by atoms with Gasteiger partial charge in [0.2, 0.25) is 5.91 Å². The molecule has 2 fully saturated rings. The summed E-state index contributed by atoms with van der Waals surface area (Å²) in [5, 5.41) is 3.74. The Morgan fingerprint density at radius 1 is 1.15 bits per heavy atom. The number of ether oxygens (including phenoxy) is 2. The van der Waals surface area contributed by atoms with Gasteiger partial charge in [-0.2, -0.15) is 0 Å². The summed E-state index contributed by atoms with van der Waals surface area (Å²) in [6.45, 7) is 9.58. The highest BCUT2D eigenvalue weighted by molar-refractivity contribution is 6.31. The number of nitrogens with one attached hydrogen (secondary N) is 1. The molecule has 2 heterocycles. The molecule has 0 spiro atoms. The van der Waals surface area contributed by atoms with Crippen molar-refractivity contribution in [1.82, 2.24) is 15.1 Å². The number of morpholine rings is 1. The maximum Gasteiger partial charge on any atom is 0.257 e. The summed E-state index contributed by atoms with van der Waals surface area (Å²) in [7, 11) is 1.54. The van der Waals surface area contributed by atoms with Crippen molar-refractivity contribution < 1.29 is 19.1 Å². The van der Waals surface area contributed by atoms with Crippen LogP contribution in [-0.2, 0) is 9.53 Å². The van der Waals surface area contributed by atoms with Crippen molar-refractivity contribution in [2.24, 2.45) is 11.8 Å². The fourth-order valence-corrected chi connectivity index (χ4v) is 5.22. The second-order valence-electron chi connectivity index (χ2n) is 8.95. The number of methoxy groups -OCH3 is 1. The molecule has 0 bridgehead atoms. The van der Waals surface area contributed by atoms with Gasteiger partial charge in [-0.25, -0.2) is 0 Å². The van der Waals surface area contributed by atoms with E-state index in [1.54, 1.807) is 30.2 Å². The molecule has 0 saturated carbocycles. The molecule has 0 radical (unpaired) electrons. The second-order valence-corrected chi connectivity index (χ2v) is 9.38. The summed E-state index contributed by atoms with van der Waals surface area (Å²) >= 11 is 6.09. The van der Waals surface area contributed by atoms with Gasteiger partial charge in [-0.05, 0) is 37.0 Å². The van der Waals surface area contributed by atoms with Crippen LogP contribution in [0.15, 0.2) is 18.2 Å². The lowest BCUT2D eigenvalue weighted by Crippen LogP contribution is -2.53. The van der Waals surface area contributed by atoms with Crippen LogP contribution < -0.4 is 10.1 Å². The van der Waals surface area contributed by atoms with Crippen molar-refractivity contribution in [2.45, 2.75) is 45.6 Å². The Bertz CT molecular complexity index is 788. The van der Waals surface area contributed by atoms with E-state index in [2.05, 4.69) is 24.1 Å². The molecular weight excluding hydrogens is 442 g/mol. The number of rotatable bonds is 9. The van der Waals surface area contributed by atoms with Gasteiger partial charge in [0, 0.05) is 49.7 Å². The summed E-state index contributed by atoms with van der Waals surface area (Å²) in [4.78, 5) is 30.3. The van der Waals surface area contributed by atoms with Crippen molar-refractivity contribution in [1.29, 1.82) is 0 Å². The number of carbonyl (C=O) groups excluding carboxylic acids is 2. The lowest BCUT2D eigenvalue weighted by Gasteiger charge is -2.39. The first-order valence-corrected chi connectivity index (χ1v) is 12.6. The van der Waals surface area contributed by atoms with Gasteiger partial charge in [0.25, 0.3) is 5.91 Å². The second kappa shape index (κ2) is 12.6. The summed E-state index contributed by atoms with van der Waals surface area (Å²) in [5.41, 5.74) is 0.464. The van der Waals surface area contributed by atoms with Crippen LogP contribution in [0, 0.1) is 11.8 Å². The van der Waals surface area contributed by atoms with E-state index in [-0.39, 0.29) is 17.7 Å². The molecule has 1 N–H and O–H groups in total. The SMILES string of the molecule is CCC(CC)C(CNC(=O)C1CCN(C(=O)c2cc(Cl)ccc2OC)CC1)N1CCOCC1. The summed E-state index contributed by atoms with van der Waals surface area (Å²) in [6.07, 6.45) is 3.52. The topological polar surface area (TPSA) is 71.1 Å². The maximum atomic E-state index is 13.0. The van der Waals surface area contributed by atoms with Crippen molar-refractivity contribution >= 4 is 23.4 Å². The van der Waals surface area contributed by atoms with Gasteiger partial charge in [-0.1, -0.05) is 38.3 Å². The molecule has 2 aliphatic rings. The molecule has 0 aromatic heterocycles. The van der Waals surface area contributed by atoms with Crippen LogP contribution in [0.5, 0.6) is 5.75 Å². The van der Waals surface area contributed by atoms with Gasteiger partial charge in [-0.3, -0.25) is 14.5 Å². The van der Waals surface area contributed by atoms with Crippen LogP contribution in [0.1, 0.15) is 49.9 Å². The van der Waals surface area contributed by atoms with E-state index in [1.807, 2.05) is 0 Å². The average Bonchev–Trinajstić information content (AvgIpc) is 2.86. The lowest BCUT2D eigenvalue weighted by molar-refractivity contribution is -0.126. The van der Waals surface area contributed by atoms with Gasteiger partial charge in [0.1, 0.15) is 5.75 Å². The van der Waals surface area contributed by atoms with Crippen molar-refractivity contribution in [2.75, 3.05) is 53.0 Å². The highest BCUT2D eigenvalue weighted by Crippen LogP contribution is 2.27. The molecular formula is C25H38ClN3O4. The Morgan fingerprint density at radius 3 is 2.42 bits per heavy atom. The fourth-order valence-electron chi connectivity index (χ4n) is 5.05. The van der Waals surface area contributed by atoms with E-state index < -0.39 is 0 Å². The number of halogens is 1. The number of hydrogen-bond acceptors (Lipinski definition) is 5. The first kappa shape index (κ1) is 25.8. The molecule has 1 unspecified atom stereocenters. The molecule has 2 aliphatic heterocycles. The van der Waals surface area contributed by atoms with E-state index in [0.717, 1.165) is 39.1 Å². The standard InChI is InChI=1S/C25H38ClN3O4/c1-4-18(5-2)22(28-12-14-33-15-13-28)17-27-24(30)19-8-10-29(11-9-19)25(31)21-16-20(26)6-7-23(21)32-3/h6-7,16,18-19,22H,4-5,8-15,17H2,1-3H3,(H,27,30). The minimum Gasteiger partial charge on any atom is -0.496 e. The Labute approximate surface area is 202 Å². The highest BCUT2D eigenvalue weighted by Gasteiger charge is 2.31. The van der Waals surface area contributed by atoms with Crippen LogP contribution in [0.4, 0.5) is 0 Å². The van der Waals surface area contributed by atoms with Crippen LogP contribution in [0.3, 0.4) is 0 Å². The van der Waals surface area contributed by atoms with Crippen LogP contribution in [0.25, 0.3) is 0 Å². The van der Waals surface area contributed by atoms with E-state index in [9.17, 15) is 9.59 Å². The zero-order chi connectivity index (χ0) is 23.8. The molecule has 8 heteroatoms. The van der Waals surface area contributed by atoms with Gasteiger partial charge in [-0.15, -0.1) is 0 Å². The van der Waals surface area contributed by atoms with E-state index in [0.29, 0.717) is 60.8 Å². The largest absolute Gasteiger partial charge is 0.496 e. The minimum atomic E-state index is -0.102. The summed E-state index contributed by atoms with van der Waals surface area (Å²) < 4.78 is 10.9. The number of piperidine rings is 1. The summed E-state index contributed by atoms with van der Waals surface area (Å²) in [5.74, 6) is 0.999. The van der Waals surface area contributed by atoms with Gasteiger partial charge >= 0.3 is 0 Å². The maximum absolute atomic E-state index is 13.0. The molecule has 2 amide bonds. The third kappa shape index (κ3) is 6.61. The molecule has 1 aromatic carbocycles. The van der Waals surface area contributed by atoms with Gasteiger partial charge in [0.15, 0.2) is 0 Å². The third-order valence-electron chi connectivity index (χ3n) is 7.14. The van der Waals surface area contributed by atoms with Crippen LogP contribution in [-0.4, -0.2) is 80.7 Å². The molecule has 184 valence electrons. The van der Waals surface area contributed by atoms with Crippen LogP contribution >= 0.6 is 11.6 Å². The van der Waals surface area contributed by atoms with Crippen molar-refractivity contribution in [3.63, 3.8) is 0 Å². The Hall–Kier alpha value is -1.83. The number of nitrogens with zero attached hydrogens (tertiary/aromatic N) is 2. The molecule has 2 saturated heterocycles. The first-order valence-electron chi connectivity index (χ1n) is 12.2. The number of benzene rings is 1. The number of likely N-dealkylation sites (tertiary alicyclic amines) is 1. The molecule has 1 atom stereocenters. The highest BCUT2D eigenvalue weighted by atomic mass is 35.5. The third-order valence-corrected chi connectivity index (χ3v) is 7.37. The molecule has 0 aliphatic carbocycles. The predicted molar refractivity (Wildman–Crippen MR) is 130 cm³/mol. The van der Waals surface area contributed by atoms with E-state index in [1.165, 1.54) is 0 Å². The molecule has 33 heavy (non-hydrogen) atoms. The smallest absolute Gasteiger partial charge is 0.257 e. The van der Waals surface area contributed by atoms with Gasteiger partial charge < -0.3 is 19.7 Å². The zero-order valence-corrected chi connectivity index (χ0v) is 20.9. The Kier molecular flexibility index (Phi) is 9.83. The quantitative estimate of drug-likeness (QED) is 0.587. The number of hydrogen-bond donors (Lipinski definition) is 1. The normalized spacial score (nSPS) is 18.9. The predicted octanol–water partition coefficient (Wildman–Crippen LogP) is 3.45. The van der Waals surface area contributed by atoms with Crippen LogP contribution in [0.2, 0.25) is 5.02 Å². The van der Waals surface area contributed by atoms with Crippen molar-refractivity contribution in [3.8, 4) is 5.75 Å².